The van der Waals surface area contributed by atoms with Crippen molar-refractivity contribution in [3.63, 3.8) is 0 Å². The zero-order valence-electron chi connectivity index (χ0n) is 9.68. The molecule has 0 fully saturated rings. The number of benzene rings is 1. The number of hydrogen-bond acceptors (Lipinski definition) is 3. The Balaban J connectivity index is 2.29. The molecule has 90 valence electrons. The molecule has 2 rings (SSSR count). The highest BCUT2D eigenvalue weighted by molar-refractivity contribution is 9.10. The van der Waals surface area contributed by atoms with Crippen molar-refractivity contribution >= 4 is 32.9 Å². The van der Waals surface area contributed by atoms with Crippen LogP contribution in [0.4, 0.5) is 4.79 Å². The normalized spacial score (nSPS) is 11.1. The lowest BCUT2D eigenvalue weighted by atomic mass is 10.2. The Labute approximate surface area is 108 Å². The van der Waals surface area contributed by atoms with Gasteiger partial charge in [-0.2, -0.15) is 9.78 Å². The van der Waals surface area contributed by atoms with Gasteiger partial charge in [0, 0.05) is 9.86 Å². The Morgan fingerprint density at radius 2 is 2.29 bits per heavy atom. The van der Waals surface area contributed by atoms with E-state index in [4.69, 9.17) is 4.74 Å². The molecule has 1 heterocycles. The third-order valence-electron chi connectivity index (χ3n) is 2.25. The molecule has 0 bridgehead atoms. The molecule has 0 saturated carbocycles. The number of halogens is 1. The fourth-order valence-corrected chi connectivity index (χ4v) is 1.79. The Kier molecular flexibility index (Phi) is 3.47. The van der Waals surface area contributed by atoms with Gasteiger partial charge in [-0.05, 0) is 18.1 Å². The van der Waals surface area contributed by atoms with E-state index >= 15 is 0 Å². The van der Waals surface area contributed by atoms with E-state index in [1.54, 1.807) is 6.20 Å². The van der Waals surface area contributed by atoms with Crippen LogP contribution < -0.4 is 0 Å². The van der Waals surface area contributed by atoms with Crippen molar-refractivity contribution in [1.82, 2.24) is 9.78 Å². The maximum atomic E-state index is 11.8. The summed E-state index contributed by atoms with van der Waals surface area (Å²) in [6, 6.07) is 5.66. The van der Waals surface area contributed by atoms with Crippen molar-refractivity contribution in [3.8, 4) is 0 Å². The van der Waals surface area contributed by atoms with E-state index in [0.717, 1.165) is 15.4 Å². The van der Waals surface area contributed by atoms with Crippen LogP contribution in [-0.2, 0) is 4.74 Å². The second kappa shape index (κ2) is 4.87. The highest BCUT2D eigenvalue weighted by Gasteiger charge is 2.12. The van der Waals surface area contributed by atoms with Gasteiger partial charge >= 0.3 is 6.09 Å². The molecular weight excluding hydrogens is 284 g/mol. The number of aromatic nitrogens is 2. The summed E-state index contributed by atoms with van der Waals surface area (Å²) in [6.45, 7) is 4.38. The minimum absolute atomic E-state index is 0.313. The van der Waals surface area contributed by atoms with Crippen LogP contribution in [0.3, 0.4) is 0 Å². The van der Waals surface area contributed by atoms with Crippen molar-refractivity contribution in [2.75, 3.05) is 6.61 Å². The van der Waals surface area contributed by atoms with Gasteiger partial charge in [-0.15, -0.1) is 0 Å². The summed E-state index contributed by atoms with van der Waals surface area (Å²) in [5.41, 5.74) is 0.744. The molecule has 0 N–H and O–H groups in total. The average molecular weight is 297 g/mol. The van der Waals surface area contributed by atoms with E-state index in [9.17, 15) is 4.79 Å². The molecule has 1 aromatic heterocycles. The summed E-state index contributed by atoms with van der Waals surface area (Å²) in [6.07, 6.45) is 1.21. The van der Waals surface area contributed by atoms with Crippen LogP contribution in [-0.4, -0.2) is 22.5 Å². The van der Waals surface area contributed by atoms with E-state index < -0.39 is 6.09 Å². The van der Waals surface area contributed by atoms with Crippen LogP contribution in [0.1, 0.15) is 13.8 Å². The molecule has 0 unspecified atom stereocenters. The quantitative estimate of drug-likeness (QED) is 0.853. The predicted molar refractivity (Wildman–Crippen MR) is 69.0 cm³/mol. The summed E-state index contributed by atoms with van der Waals surface area (Å²) in [7, 11) is 0. The van der Waals surface area contributed by atoms with Gasteiger partial charge in [0.1, 0.15) is 0 Å². The second-order valence-electron chi connectivity index (χ2n) is 4.23. The number of nitrogens with zero attached hydrogens (tertiary/aromatic N) is 2. The van der Waals surface area contributed by atoms with E-state index in [1.807, 2.05) is 32.0 Å². The van der Waals surface area contributed by atoms with E-state index in [1.165, 1.54) is 4.68 Å². The van der Waals surface area contributed by atoms with Gasteiger partial charge in [-0.1, -0.05) is 35.8 Å². The van der Waals surface area contributed by atoms with Crippen LogP contribution >= 0.6 is 15.9 Å². The third-order valence-corrected chi connectivity index (χ3v) is 2.74. The fourth-order valence-electron chi connectivity index (χ4n) is 1.44. The number of rotatable bonds is 2. The van der Waals surface area contributed by atoms with Crippen LogP contribution in [0.5, 0.6) is 0 Å². The first kappa shape index (κ1) is 12.1. The molecule has 5 heteroatoms. The van der Waals surface area contributed by atoms with Crippen molar-refractivity contribution in [3.05, 3.63) is 28.9 Å². The minimum atomic E-state index is -0.438. The Bertz CT molecular complexity index is 548. The fraction of sp³-hybridized carbons (Fsp3) is 0.333. The summed E-state index contributed by atoms with van der Waals surface area (Å²) >= 11 is 3.37. The lowest BCUT2D eigenvalue weighted by Gasteiger charge is -2.07. The third kappa shape index (κ3) is 2.66. The lowest BCUT2D eigenvalue weighted by Crippen LogP contribution is -2.17. The standard InChI is InChI=1S/C12H13BrN2O2/c1-8(2)7-17-12(16)15-11-5-10(13)4-3-9(11)6-14-15/h3-6,8H,7H2,1-2H3. The molecule has 17 heavy (non-hydrogen) atoms. The van der Waals surface area contributed by atoms with Crippen LogP contribution in [0.2, 0.25) is 0 Å². The number of fused-ring (bicyclic) bond motifs is 1. The molecular formula is C12H13BrN2O2. The summed E-state index contributed by atoms with van der Waals surface area (Å²) < 4.78 is 7.33. The molecule has 2 aromatic rings. The van der Waals surface area contributed by atoms with E-state index in [2.05, 4.69) is 21.0 Å². The first-order chi connectivity index (χ1) is 8.08. The van der Waals surface area contributed by atoms with Gasteiger partial charge in [0.2, 0.25) is 0 Å². The highest BCUT2D eigenvalue weighted by Crippen LogP contribution is 2.19. The number of ether oxygens (including phenoxy) is 1. The maximum Gasteiger partial charge on any atom is 0.435 e. The van der Waals surface area contributed by atoms with E-state index in [-0.39, 0.29) is 0 Å². The summed E-state index contributed by atoms with van der Waals surface area (Å²) in [5, 5.41) is 4.95. The van der Waals surface area contributed by atoms with E-state index in [0.29, 0.717) is 12.5 Å². The molecule has 0 aliphatic rings. The van der Waals surface area contributed by atoms with Gasteiger partial charge in [0.25, 0.3) is 0 Å². The smallest absolute Gasteiger partial charge is 0.435 e. The predicted octanol–water partition coefficient (Wildman–Crippen LogP) is 3.44. The summed E-state index contributed by atoms with van der Waals surface area (Å²) in [5.74, 6) is 0.313. The van der Waals surface area contributed by atoms with Crippen LogP contribution in [0.15, 0.2) is 28.9 Å². The average Bonchev–Trinajstić information content (AvgIpc) is 2.68. The highest BCUT2D eigenvalue weighted by atomic mass is 79.9. The molecule has 0 saturated heterocycles. The van der Waals surface area contributed by atoms with Crippen molar-refractivity contribution in [1.29, 1.82) is 0 Å². The van der Waals surface area contributed by atoms with Crippen molar-refractivity contribution in [2.24, 2.45) is 5.92 Å². The molecule has 0 radical (unpaired) electrons. The largest absolute Gasteiger partial charge is 0.448 e. The first-order valence-corrected chi connectivity index (χ1v) is 6.17. The minimum Gasteiger partial charge on any atom is -0.448 e. The van der Waals surface area contributed by atoms with Gasteiger partial charge in [-0.3, -0.25) is 0 Å². The second-order valence-corrected chi connectivity index (χ2v) is 5.15. The van der Waals surface area contributed by atoms with Gasteiger partial charge in [0.15, 0.2) is 0 Å². The number of hydrogen-bond donors (Lipinski definition) is 0. The van der Waals surface area contributed by atoms with Crippen molar-refractivity contribution < 1.29 is 9.53 Å². The lowest BCUT2D eigenvalue weighted by molar-refractivity contribution is 0.132. The molecule has 1 aromatic carbocycles. The molecule has 0 aliphatic heterocycles. The molecule has 0 spiro atoms. The van der Waals surface area contributed by atoms with Gasteiger partial charge < -0.3 is 4.74 Å². The molecule has 0 aliphatic carbocycles. The van der Waals surface area contributed by atoms with Crippen LogP contribution in [0.25, 0.3) is 10.9 Å². The molecule has 4 nitrogen and oxygen atoms in total. The van der Waals surface area contributed by atoms with Gasteiger partial charge in [-0.25, -0.2) is 4.79 Å². The first-order valence-electron chi connectivity index (χ1n) is 5.38. The van der Waals surface area contributed by atoms with Crippen LogP contribution in [0, 0.1) is 5.92 Å². The van der Waals surface area contributed by atoms with Crippen molar-refractivity contribution in [2.45, 2.75) is 13.8 Å². The summed E-state index contributed by atoms with van der Waals surface area (Å²) in [4.78, 5) is 11.8. The number of carbonyl (C=O) groups excluding carboxylic acids is 1. The Morgan fingerprint density at radius 3 is 3.00 bits per heavy atom. The zero-order chi connectivity index (χ0) is 12.4. The SMILES string of the molecule is CC(C)COC(=O)n1ncc2ccc(Br)cc21. The zero-order valence-corrected chi connectivity index (χ0v) is 11.3. The molecule has 0 atom stereocenters. The molecule has 0 amide bonds. The Hall–Kier alpha value is -1.36. The topological polar surface area (TPSA) is 44.1 Å². The monoisotopic (exact) mass is 296 g/mol. The Morgan fingerprint density at radius 1 is 1.53 bits per heavy atom. The number of carbonyl (C=O) groups is 1. The van der Waals surface area contributed by atoms with Gasteiger partial charge in [0.05, 0.1) is 18.3 Å². The maximum absolute atomic E-state index is 11.8.